The Hall–Kier alpha value is -4.98. The standard InChI is InChI=1S/C34H28N2O6/c37-32(18-38-26-11-9-22-4-1-2-5-23(22)16-26)36-34(25-10-13-29-31(17-25)42-20-40-29)27-7-3-6-24(33(27)35-36)14-21-8-12-28-30(15-21)41-19-39-28/h1-2,4-5,8-17,27,34H,3,6-7,18-20H2/b24-14+/t27-,34+/m0/s1. The minimum atomic E-state index is -0.275. The molecule has 0 unspecified atom stereocenters. The maximum atomic E-state index is 13.8. The summed E-state index contributed by atoms with van der Waals surface area (Å²) in [4.78, 5) is 13.8. The van der Waals surface area contributed by atoms with Gasteiger partial charge < -0.3 is 23.7 Å². The van der Waals surface area contributed by atoms with Crippen LogP contribution in [0.25, 0.3) is 16.8 Å². The summed E-state index contributed by atoms with van der Waals surface area (Å²) in [6, 6.07) is 25.5. The van der Waals surface area contributed by atoms with E-state index in [1.165, 1.54) is 0 Å². The molecule has 8 nitrogen and oxygen atoms in total. The molecule has 2 atom stereocenters. The zero-order chi connectivity index (χ0) is 28.0. The molecule has 1 amide bonds. The highest BCUT2D eigenvalue weighted by Crippen LogP contribution is 2.46. The molecule has 0 bridgehead atoms. The van der Waals surface area contributed by atoms with Gasteiger partial charge in [-0.3, -0.25) is 4.79 Å². The van der Waals surface area contributed by atoms with Crippen molar-refractivity contribution in [2.45, 2.75) is 25.3 Å². The van der Waals surface area contributed by atoms with Crippen LogP contribution in [0.15, 0.2) is 89.5 Å². The lowest BCUT2D eigenvalue weighted by Gasteiger charge is -2.29. The summed E-state index contributed by atoms with van der Waals surface area (Å²) in [6.07, 6.45) is 4.96. The Morgan fingerprint density at radius 3 is 2.48 bits per heavy atom. The molecule has 1 aliphatic carbocycles. The lowest BCUT2D eigenvalue weighted by molar-refractivity contribution is -0.135. The smallest absolute Gasteiger partial charge is 0.281 e. The summed E-state index contributed by atoms with van der Waals surface area (Å²) in [6.45, 7) is 0.309. The highest BCUT2D eigenvalue weighted by atomic mass is 16.7. The number of hydrogen-bond acceptors (Lipinski definition) is 7. The van der Waals surface area contributed by atoms with Gasteiger partial charge in [0.25, 0.3) is 5.91 Å². The average molecular weight is 561 g/mol. The topological polar surface area (TPSA) is 78.8 Å². The summed E-state index contributed by atoms with van der Waals surface area (Å²) in [5, 5.41) is 8.80. The number of ether oxygens (including phenoxy) is 5. The van der Waals surface area contributed by atoms with Crippen LogP contribution in [0.3, 0.4) is 0 Å². The summed E-state index contributed by atoms with van der Waals surface area (Å²) >= 11 is 0. The first-order chi connectivity index (χ1) is 20.7. The van der Waals surface area contributed by atoms with Crippen molar-refractivity contribution < 1.29 is 28.5 Å². The van der Waals surface area contributed by atoms with E-state index in [1.54, 1.807) is 5.01 Å². The second kappa shape index (κ2) is 10.1. The predicted molar refractivity (Wildman–Crippen MR) is 157 cm³/mol. The number of amides is 1. The van der Waals surface area contributed by atoms with Crippen LogP contribution in [-0.2, 0) is 4.79 Å². The van der Waals surface area contributed by atoms with Crippen molar-refractivity contribution in [1.82, 2.24) is 5.01 Å². The second-order valence-corrected chi connectivity index (χ2v) is 10.9. The van der Waals surface area contributed by atoms with Crippen molar-refractivity contribution in [3.05, 3.63) is 95.6 Å². The van der Waals surface area contributed by atoms with E-state index in [0.717, 1.165) is 63.9 Å². The summed E-state index contributed by atoms with van der Waals surface area (Å²) in [5.74, 6) is 3.39. The normalized spacial score (nSPS) is 21.0. The van der Waals surface area contributed by atoms with Gasteiger partial charge in [-0.2, -0.15) is 5.10 Å². The molecule has 0 saturated heterocycles. The Balaban J connectivity index is 1.12. The van der Waals surface area contributed by atoms with Crippen LogP contribution in [0.4, 0.5) is 0 Å². The van der Waals surface area contributed by atoms with E-state index >= 15 is 0 Å². The van der Waals surface area contributed by atoms with E-state index in [1.807, 2.05) is 72.8 Å². The number of rotatable bonds is 5. The Kier molecular flexibility index (Phi) is 5.98. The van der Waals surface area contributed by atoms with Gasteiger partial charge >= 0.3 is 0 Å². The van der Waals surface area contributed by atoms with Crippen LogP contribution in [0, 0.1) is 5.92 Å². The van der Waals surface area contributed by atoms with Gasteiger partial charge in [0.2, 0.25) is 13.6 Å². The van der Waals surface area contributed by atoms with Crippen molar-refractivity contribution in [3.63, 3.8) is 0 Å². The quantitative estimate of drug-likeness (QED) is 0.277. The van der Waals surface area contributed by atoms with Gasteiger partial charge in [-0.1, -0.05) is 42.5 Å². The number of hydrogen-bond donors (Lipinski definition) is 0. The highest BCUT2D eigenvalue weighted by Gasteiger charge is 2.44. The van der Waals surface area contributed by atoms with Gasteiger partial charge in [0.1, 0.15) is 5.75 Å². The number of carbonyl (C=O) groups excluding carboxylic acids is 1. The fourth-order valence-electron chi connectivity index (χ4n) is 6.31. The van der Waals surface area contributed by atoms with Crippen molar-refractivity contribution in [3.8, 4) is 28.7 Å². The molecule has 0 N–H and O–H groups in total. The molecule has 8 rings (SSSR count). The zero-order valence-corrected chi connectivity index (χ0v) is 22.8. The van der Waals surface area contributed by atoms with Crippen LogP contribution in [-0.4, -0.2) is 36.8 Å². The molecule has 1 fully saturated rings. The number of benzene rings is 4. The van der Waals surface area contributed by atoms with Crippen LogP contribution >= 0.6 is 0 Å². The first-order valence-corrected chi connectivity index (χ1v) is 14.2. The van der Waals surface area contributed by atoms with E-state index in [2.05, 4.69) is 12.1 Å². The van der Waals surface area contributed by atoms with E-state index < -0.39 is 0 Å². The molecule has 8 heteroatoms. The number of carbonyl (C=O) groups is 1. The molecule has 3 heterocycles. The lowest BCUT2D eigenvalue weighted by Crippen LogP contribution is -2.34. The van der Waals surface area contributed by atoms with E-state index in [-0.39, 0.29) is 38.1 Å². The largest absolute Gasteiger partial charge is 0.484 e. The van der Waals surface area contributed by atoms with Gasteiger partial charge in [-0.25, -0.2) is 5.01 Å². The third-order valence-corrected chi connectivity index (χ3v) is 8.32. The third kappa shape index (κ3) is 4.40. The van der Waals surface area contributed by atoms with Crippen molar-refractivity contribution in [1.29, 1.82) is 0 Å². The van der Waals surface area contributed by atoms with Gasteiger partial charge in [-0.15, -0.1) is 0 Å². The maximum Gasteiger partial charge on any atom is 0.281 e. The molecule has 0 spiro atoms. The Bertz CT molecular complexity index is 1780. The monoisotopic (exact) mass is 560 g/mol. The Morgan fingerprint density at radius 2 is 1.62 bits per heavy atom. The van der Waals surface area contributed by atoms with Crippen LogP contribution < -0.4 is 23.7 Å². The molecule has 210 valence electrons. The molecular formula is C34H28N2O6. The van der Waals surface area contributed by atoms with Crippen LogP contribution in [0.1, 0.15) is 36.4 Å². The van der Waals surface area contributed by atoms with Crippen molar-refractivity contribution >= 4 is 28.5 Å². The summed E-state index contributed by atoms with van der Waals surface area (Å²) in [5.41, 5.74) is 4.05. The van der Waals surface area contributed by atoms with Crippen molar-refractivity contribution in [2.75, 3.05) is 20.2 Å². The molecule has 0 radical (unpaired) electrons. The Morgan fingerprint density at radius 1 is 0.857 bits per heavy atom. The van der Waals surface area contributed by atoms with E-state index in [0.29, 0.717) is 17.2 Å². The number of nitrogens with zero attached hydrogens (tertiary/aromatic N) is 2. The molecule has 3 aliphatic heterocycles. The van der Waals surface area contributed by atoms with Gasteiger partial charge in [0.15, 0.2) is 29.6 Å². The highest BCUT2D eigenvalue weighted by molar-refractivity contribution is 6.08. The van der Waals surface area contributed by atoms with Crippen LogP contribution in [0.5, 0.6) is 28.7 Å². The van der Waals surface area contributed by atoms with Crippen LogP contribution in [0.2, 0.25) is 0 Å². The predicted octanol–water partition coefficient (Wildman–Crippen LogP) is 6.50. The SMILES string of the molecule is O=C(COc1ccc2ccccc2c1)N1N=C2/C(=C/c3ccc4c(c3)OCO4)CCC[C@@H]2[C@H]1c1ccc2c(c1)OCO2. The number of fused-ring (bicyclic) bond motifs is 4. The summed E-state index contributed by atoms with van der Waals surface area (Å²) < 4.78 is 28.3. The first kappa shape index (κ1) is 24.8. The first-order valence-electron chi connectivity index (χ1n) is 14.2. The fraction of sp³-hybridized carbons (Fsp3) is 0.235. The maximum absolute atomic E-state index is 13.8. The molecule has 4 aromatic rings. The molecule has 42 heavy (non-hydrogen) atoms. The van der Waals surface area contributed by atoms with Crippen molar-refractivity contribution in [2.24, 2.45) is 11.0 Å². The fourth-order valence-corrected chi connectivity index (χ4v) is 6.31. The van der Waals surface area contributed by atoms with Gasteiger partial charge in [0, 0.05) is 5.92 Å². The minimum Gasteiger partial charge on any atom is -0.484 e. The zero-order valence-electron chi connectivity index (χ0n) is 22.8. The van der Waals surface area contributed by atoms with Gasteiger partial charge in [-0.05, 0) is 89.2 Å². The van der Waals surface area contributed by atoms with E-state index in [4.69, 9.17) is 28.8 Å². The third-order valence-electron chi connectivity index (χ3n) is 8.32. The molecule has 0 aromatic heterocycles. The van der Waals surface area contributed by atoms with E-state index in [9.17, 15) is 4.79 Å². The van der Waals surface area contributed by atoms with Gasteiger partial charge in [0.05, 0.1) is 11.8 Å². The average Bonchev–Trinajstić information content (AvgIpc) is 3.78. The molecule has 4 aromatic carbocycles. The number of allylic oxidation sites excluding steroid dienone is 1. The molecule has 1 saturated carbocycles. The molecular weight excluding hydrogens is 532 g/mol. The minimum absolute atomic E-state index is 0.0454. The second-order valence-electron chi connectivity index (χ2n) is 10.9. The Labute approximate surface area is 242 Å². The summed E-state index contributed by atoms with van der Waals surface area (Å²) in [7, 11) is 0. The molecule has 4 aliphatic rings. The lowest BCUT2D eigenvalue weighted by atomic mass is 9.77. The number of hydrazone groups is 1.